The van der Waals surface area contributed by atoms with E-state index in [-0.39, 0.29) is 19.1 Å². The summed E-state index contributed by atoms with van der Waals surface area (Å²) < 4.78 is 44.5. The summed E-state index contributed by atoms with van der Waals surface area (Å²) in [6.07, 6.45) is 4.71. The lowest BCUT2D eigenvalue weighted by molar-refractivity contribution is -0.0205. The Kier molecular flexibility index (Phi) is 19.6. The zero-order valence-corrected chi connectivity index (χ0v) is 31.1. The number of fused-ring (bicyclic) bond motifs is 1. The summed E-state index contributed by atoms with van der Waals surface area (Å²) in [6.45, 7) is 5.91. The number of aromatic nitrogens is 3. The van der Waals surface area contributed by atoms with Gasteiger partial charge in [-0.25, -0.2) is 4.79 Å². The maximum Gasteiger partial charge on any atom is 0.435 e. The highest BCUT2D eigenvalue weighted by Gasteiger charge is 2.18. The molecule has 0 aliphatic heterocycles. The van der Waals surface area contributed by atoms with E-state index < -0.39 is 6.09 Å². The van der Waals surface area contributed by atoms with Crippen molar-refractivity contribution in [1.29, 1.82) is 0 Å². The molecule has 2 aromatic heterocycles. The van der Waals surface area contributed by atoms with Crippen molar-refractivity contribution in [3.63, 3.8) is 0 Å². The molecule has 0 unspecified atom stereocenters. The summed E-state index contributed by atoms with van der Waals surface area (Å²) in [6, 6.07) is 18.7. The molecule has 1 N–H and O–H groups in total. The minimum atomic E-state index is -0.641. The molecule has 53 heavy (non-hydrogen) atoms. The molecule has 4 aromatic rings. The Morgan fingerprint density at radius 1 is 0.717 bits per heavy atom. The average molecular weight is 753 g/mol. The van der Waals surface area contributed by atoms with Gasteiger partial charge in [-0.1, -0.05) is 30.0 Å². The first-order valence-electron chi connectivity index (χ1n) is 17.3. The van der Waals surface area contributed by atoms with Gasteiger partial charge in [0, 0.05) is 35.5 Å². The van der Waals surface area contributed by atoms with E-state index in [1.165, 1.54) is 16.4 Å². The van der Waals surface area contributed by atoms with Gasteiger partial charge in [0.25, 0.3) is 5.91 Å². The van der Waals surface area contributed by atoms with Gasteiger partial charge in [-0.15, -0.1) is 0 Å². The van der Waals surface area contributed by atoms with Gasteiger partial charge >= 0.3 is 6.09 Å². The lowest BCUT2D eigenvalue weighted by atomic mass is 10.2. The van der Waals surface area contributed by atoms with Crippen molar-refractivity contribution in [1.82, 2.24) is 20.1 Å². The van der Waals surface area contributed by atoms with Gasteiger partial charge in [0.1, 0.15) is 6.61 Å². The van der Waals surface area contributed by atoms with E-state index in [9.17, 15) is 9.59 Å². The van der Waals surface area contributed by atoms with Gasteiger partial charge in [0.15, 0.2) is 0 Å². The lowest BCUT2D eigenvalue weighted by Gasteiger charge is -2.09. The maximum absolute atomic E-state index is 13.3. The molecular formula is C38H48N4O10S. The quantitative estimate of drug-likeness (QED) is 0.0873. The first-order chi connectivity index (χ1) is 26.1. The van der Waals surface area contributed by atoms with Crippen LogP contribution in [-0.4, -0.2) is 133 Å². The summed E-state index contributed by atoms with van der Waals surface area (Å²) in [5.41, 5.74) is 2.45. The molecule has 286 valence electrons. The third-order valence-electron chi connectivity index (χ3n) is 7.29. The lowest BCUT2D eigenvalue weighted by Crippen LogP contribution is -2.19. The molecule has 0 spiro atoms. The Balaban J connectivity index is 1.17. The van der Waals surface area contributed by atoms with Crippen molar-refractivity contribution in [2.75, 3.05) is 107 Å². The van der Waals surface area contributed by atoms with Gasteiger partial charge < -0.3 is 43.2 Å². The van der Waals surface area contributed by atoms with Crippen molar-refractivity contribution in [2.45, 2.75) is 9.79 Å². The summed E-state index contributed by atoms with van der Waals surface area (Å²) in [4.78, 5) is 31.6. The van der Waals surface area contributed by atoms with Gasteiger partial charge in [-0.2, -0.15) is 9.78 Å². The highest BCUT2D eigenvalue weighted by atomic mass is 32.2. The molecule has 0 saturated carbocycles. The normalized spacial score (nSPS) is 11.4. The number of pyridine rings is 1. The van der Waals surface area contributed by atoms with E-state index >= 15 is 0 Å². The smallest absolute Gasteiger partial charge is 0.435 e. The van der Waals surface area contributed by atoms with Crippen LogP contribution in [0.3, 0.4) is 0 Å². The number of benzene rings is 2. The average Bonchev–Trinajstić information content (AvgIpc) is 3.55. The number of hydrogen-bond donors (Lipinski definition) is 1. The Hall–Kier alpha value is -4.19. The van der Waals surface area contributed by atoms with Crippen LogP contribution in [0, 0.1) is 0 Å². The minimum absolute atomic E-state index is 0.0313. The van der Waals surface area contributed by atoms with Crippen LogP contribution in [-0.2, 0) is 37.9 Å². The largest absolute Gasteiger partial charge is 0.445 e. The number of nitrogens with zero attached hydrogens (tertiary/aromatic N) is 3. The van der Waals surface area contributed by atoms with Crippen LogP contribution in [0.4, 0.5) is 4.79 Å². The SMILES string of the molecule is CNC(=O)c1ccccc1Sc1ccc2c(/C=C/c3ccccn3)nn(C(=O)OCCOCCOCCOCCOCCOCCOCCOC)c2c1. The molecule has 2 aromatic carbocycles. The number of carbonyl (C=O) groups is 2. The van der Waals surface area contributed by atoms with Crippen LogP contribution >= 0.6 is 11.8 Å². The van der Waals surface area contributed by atoms with E-state index in [0.29, 0.717) is 96.1 Å². The third kappa shape index (κ3) is 15.0. The molecule has 4 rings (SSSR count). The summed E-state index contributed by atoms with van der Waals surface area (Å²) >= 11 is 1.42. The fourth-order valence-electron chi connectivity index (χ4n) is 4.68. The molecule has 0 radical (unpaired) electrons. The zero-order chi connectivity index (χ0) is 37.4. The number of methoxy groups -OCH3 is 1. The van der Waals surface area contributed by atoms with Gasteiger partial charge in [0.05, 0.1) is 108 Å². The predicted molar refractivity (Wildman–Crippen MR) is 200 cm³/mol. The zero-order valence-electron chi connectivity index (χ0n) is 30.2. The van der Waals surface area contributed by atoms with Crippen LogP contribution in [0.15, 0.2) is 76.7 Å². The topological polar surface area (TPSA) is 151 Å². The molecule has 0 aliphatic rings. The van der Waals surface area contributed by atoms with Crippen LogP contribution < -0.4 is 5.32 Å². The number of rotatable bonds is 26. The standard InChI is InChI=1S/C38H48N4O10S/c1-39-37(43)33-8-3-4-9-36(33)53-31-11-12-32-34(13-10-30-7-5-6-14-40-30)41-42(35(32)29-31)38(44)52-28-27-51-26-25-50-24-23-49-22-21-48-20-19-47-18-17-46-16-15-45-2/h3-14,29H,15-28H2,1-2H3,(H,39,43)/b13-10+. The molecular weight excluding hydrogens is 705 g/mol. The third-order valence-corrected chi connectivity index (χ3v) is 8.35. The molecule has 0 atom stereocenters. The first-order valence-corrected chi connectivity index (χ1v) is 18.2. The molecule has 2 heterocycles. The van der Waals surface area contributed by atoms with E-state index in [1.54, 1.807) is 26.4 Å². The summed E-state index contributed by atoms with van der Waals surface area (Å²) in [5, 5.41) is 8.01. The highest BCUT2D eigenvalue weighted by Crippen LogP contribution is 2.33. The van der Waals surface area contributed by atoms with E-state index in [2.05, 4.69) is 15.4 Å². The van der Waals surface area contributed by atoms with Crippen LogP contribution in [0.1, 0.15) is 21.7 Å². The fourth-order valence-corrected chi connectivity index (χ4v) is 5.66. The number of nitrogens with one attached hydrogen (secondary N) is 1. The molecule has 1 amide bonds. The number of hydrogen-bond acceptors (Lipinski definition) is 13. The summed E-state index contributed by atoms with van der Waals surface area (Å²) in [5.74, 6) is -0.181. The number of carbonyl (C=O) groups excluding carboxylic acids is 2. The van der Waals surface area contributed by atoms with Crippen molar-refractivity contribution in [2.24, 2.45) is 0 Å². The van der Waals surface area contributed by atoms with Crippen molar-refractivity contribution >= 4 is 46.8 Å². The van der Waals surface area contributed by atoms with Crippen molar-refractivity contribution < 1.29 is 47.5 Å². The molecule has 0 fully saturated rings. The Morgan fingerprint density at radius 3 is 1.89 bits per heavy atom. The van der Waals surface area contributed by atoms with Gasteiger partial charge in [-0.3, -0.25) is 9.78 Å². The Morgan fingerprint density at radius 2 is 1.30 bits per heavy atom. The minimum Gasteiger partial charge on any atom is -0.445 e. The van der Waals surface area contributed by atoms with Crippen molar-refractivity contribution in [3.8, 4) is 0 Å². The summed E-state index contributed by atoms with van der Waals surface area (Å²) in [7, 11) is 3.23. The van der Waals surface area contributed by atoms with Gasteiger partial charge in [-0.05, 0) is 54.6 Å². The highest BCUT2D eigenvalue weighted by molar-refractivity contribution is 7.99. The second-order valence-electron chi connectivity index (χ2n) is 11.0. The molecule has 0 saturated heterocycles. The predicted octanol–water partition coefficient (Wildman–Crippen LogP) is 4.84. The first kappa shape index (κ1) is 41.6. The van der Waals surface area contributed by atoms with E-state index in [1.807, 2.05) is 66.7 Å². The maximum atomic E-state index is 13.3. The second-order valence-corrected chi connectivity index (χ2v) is 12.1. The van der Waals surface area contributed by atoms with E-state index in [4.69, 9.17) is 37.9 Å². The van der Waals surface area contributed by atoms with E-state index in [0.717, 1.165) is 20.9 Å². The number of ether oxygens (including phenoxy) is 8. The fraction of sp³-hybridized carbons (Fsp3) is 0.421. The molecule has 0 aliphatic carbocycles. The van der Waals surface area contributed by atoms with Gasteiger partial charge in [0.2, 0.25) is 0 Å². The van der Waals surface area contributed by atoms with Crippen LogP contribution in [0.2, 0.25) is 0 Å². The Bertz CT molecular complexity index is 1690. The number of amides is 1. The van der Waals surface area contributed by atoms with Crippen LogP contribution in [0.25, 0.3) is 23.1 Å². The molecule has 14 nitrogen and oxygen atoms in total. The molecule has 0 bridgehead atoms. The molecule has 15 heteroatoms. The second kappa shape index (κ2) is 24.9. The monoisotopic (exact) mass is 752 g/mol. The Labute approximate surface area is 314 Å². The van der Waals surface area contributed by atoms with Crippen LogP contribution in [0.5, 0.6) is 0 Å². The van der Waals surface area contributed by atoms with Crippen molar-refractivity contribution in [3.05, 3.63) is 83.8 Å².